The number of carbonyl (C=O) groups is 1. The standard InChI is InChI=1S/C35H56NO3/c1-6-8-9-10-11-12-13-14-15-19-24-32-25-20-21-26-34(32)39-30(3)27-28-38-35(37)33(7-2)36(4,5)29-31-22-17-16-18-23-31/h16-18,20-23,25-26,30,33H,6-15,19,24,27-29H2,1-5H3/q+1. The van der Waals surface area contributed by atoms with Crippen LogP contribution in [0, 0.1) is 0 Å². The van der Waals surface area contributed by atoms with Crippen molar-refractivity contribution in [2.45, 2.75) is 123 Å². The van der Waals surface area contributed by atoms with Crippen molar-refractivity contribution in [3.63, 3.8) is 0 Å². The van der Waals surface area contributed by atoms with E-state index in [1.165, 1.54) is 75.3 Å². The summed E-state index contributed by atoms with van der Waals surface area (Å²) >= 11 is 0. The third-order valence-electron chi connectivity index (χ3n) is 7.80. The summed E-state index contributed by atoms with van der Waals surface area (Å²) in [6, 6.07) is 18.6. The number of nitrogens with zero attached hydrogens (tertiary/aromatic N) is 1. The molecule has 0 radical (unpaired) electrons. The predicted molar refractivity (Wildman–Crippen MR) is 164 cm³/mol. The van der Waals surface area contributed by atoms with E-state index in [2.05, 4.69) is 65.2 Å². The third kappa shape index (κ3) is 13.0. The van der Waals surface area contributed by atoms with Crippen LogP contribution in [0.2, 0.25) is 0 Å². The highest BCUT2D eigenvalue weighted by molar-refractivity contribution is 5.74. The zero-order valence-corrected chi connectivity index (χ0v) is 25.6. The van der Waals surface area contributed by atoms with Crippen LogP contribution in [0.25, 0.3) is 0 Å². The molecule has 0 aliphatic rings. The minimum Gasteiger partial charge on any atom is -0.490 e. The van der Waals surface area contributed by atoms with Gasteiger partial charge in [0.05, 0.1) is 26.8 Å². The van der Waals surface area contributed by atoms with Gasteiger partial charge in [-0.2, -0.15) is 0 Å². The summed E-state index contributed by atoms with van der Waals surface area (Å²) in [4.78, 5) is 13.0. The van der Waals surface area contributed by atoms with Crippen LogP contribution in [0.1, 0.15) is 109 Å². The molecule has 0 saturated carbocycles. The highest BCUT2D eigenvalue weighted by Crippen LogP contribution is 2.23. The molecule has 4 heteroatoms. The van der Waals surface area contributed by atoms with E-state index < -0.39 is 0 Å². The number of ether oxygens (including phenoxy) is 2. The first-order chi connectivity index (χ1) is 18.9. The number of rotatable bonds is 21. The molecule has 0 spiro atoms. The summed E-state index contributed by atoms with van der Waals surface area (Å²) in [5.74, 6) is 0.853. The summed E-state index contributed by atoms with van der Waals surface area (Å²) in [5, 5.41) is 0. The van der Waals surface area contributed by atoms with Gasteiger partial charge in [-0.1, -0.05) is 120 Å². The summed E-state index contributed by atoms with van der Waals surface area (Å²) in [6.45, 7) is 7.58. The average Bonchev–Trinajstić information content (AvgIpc) is 2.91. The molecule has 0 aliphatic heterocycles. The quantitative estimate of drug-likeness (QED) is 0.0904. The van der Waals surface area contributed by atoms with Crippen molar-refractivity contribution in [1.82, 2.24) is 0 Å². The average molecular weight is 539 g/mol. The van der Waals surface area contributed by atoms with Gasteiger partial charge in [-0.25, -0.2) is 4.79 Å². The Bertz CT molecular complexity index is 911. The van der Waals surface area contributed by atoms with Crippen molar-refractivity contribution in [3.05, 3.63) is 65.7 Å². The van der Waals surface area contributed by atoms with Gasteiger partial charge >= 0.3 is 5.97 Å². The van der Waals surface area contributed by atoms with Crippen molar-refractivity contribution in [2.24, 2.45) is 0 Å². The van der Waals surface area contributed by atoms with Crippen molar-refractivity contribution in [1.29, 1.82) is 0 Å². The molecule has 0 amide bonds. The van der Waals surface area contributed by atoms with Crippen LogP contribution in [0.5, 0.6) is 5.75 Å². The number of aryl methyl sites for hydroxylation is 1. The van der Waals surface area contributed by atoms with Gasteiger partial charge in [0, 0.05) is 18.4 Å². The second-order valence-corrected chi connectivity index (χ2v) is 11.8. The molecule has 2 aromatic carbocycles. The van der Waals surface area contributed by atoms with Gasteiger partial charge in [-0.3, -0.25) is 0 Å². The van der Waals surface area contributed by atoms with E-state index in [1.54, 1.807) is 0 Å². The van der Waals surface area contributed by atoms with Gasteiger partial charge < -0.3 is 14.0 Å². The number of likely N-dealkylation sites (N-methyl/N-ethyl adjacent to an activating group) is 1. The Morgan fingerprint density at radius 2 is 1.38 bits per heavy atom. The van der Waals surface area contributed by atoms with Crippen LogP contribution in [0.15, 0.2) is 54.6 Å². The predicted octanol–water partition coefficient (Wildman–Crippen LogP) is 8.91. The number of carbonyl (C=O) groups excluding carboxylic acids is 1. The van der Waals surface area contributed by atoms with Crippen LogP contribution in [-0.4, -0.2) is 43.3 Å². The number of para-hydroxylation sites is 1. The topological polar surface area (TPSA) is 35.5 Å². The number of esters is 1. The Labute approximate surface area is 239 Å². The van der Waals surface area contributed by atoms with Crippen molar-refractivity contribution in [2.75, 3.05) is 20.7 Å². The van der Waals surface area contributed by atoms with Gasteiger partial charge in [0.15, 0.2) is 6.04 Å². The molecule has 0 heterocycles. The zero-order chi connectivity index (χ0) is 28.3. The van der Waals surface area contributed by atoms with E-state index in [0.717, 1.165) is 25.1 Å². The molecule has 0 N–H and O–H groups in total. The van der Waals surface area contributed by atoms with E-state index in [9.17, 15) is 4.79 Å². The number of hydrogen-bond acceptors (Lipinski definition) is 3. The lowest BCUT2D eigenvalue weighted by molar-refractivity contribution is -0.919. The van der Waals surface area contributed by atoms with Gasteiger partial charge in [0.25, 0.3) is 0 Å². The molecule has 218 valence electrons. The van der Waals surface area contributed by atoms with Gasteiger partial charge in [-0.15, -0.1) is 0 Å². The Kier molecular flexibility index (Phi) is 15.9. The fourth-order valence-electron chi connectivity index (χ4n) is 5.44. The largest absolute Gasteiger partial charge is 0.490 e. The second-order valence-electron chi connectivity index (χ2n) is 11.8. The SMILES string of the molecule is CCCCCCCCCCCCc1ccccc1OC(C)CCOC(=O)C(CC)[N+](C)(C)Cc1ccccc1. The maximum absolute atomic E-state index is 13.0. The maximum Gasteiger partial charge on any atom is 0.364 e. The summed E-state index contributed by atoms with van der Waals surface area (Å²) in [6.07, 6.45) is 15.9. The van der Waals surface area contributed by atoms with Gasteiger partial charge in [0.2, 0.25) is 0 Å². The zero-order valence-electron chi connectivity index (χ0n) is 25.6. The van der Waals surface area contributed by atoms with E-state index in [0.29, 0.717) is 17.5 Å². The van der Waals surface area contributed by atoms with Gasteiger partial charge in [0.1, 0.15) is 12.3 Å². The molecule has 2 aromatic rings. The first-order valence-corrected chi connectivity index (χ1v) is 15.6. The van der Waals surface area contributed by atoms with E-state index in [1.807, 2.05) is 24.3 Å². The molecule has 0 aliphatic carbocycles. The van der Waals surface area contributed by atoms with Crippen LogP contribution < -0.4 is 4.74 Å². The highest BCUT2D eigenvalue weighted by atomic mass is 16.5. The molecule has 2 rings (SSSR count). The minimum atomic E-state index is -0.191. The lowest BCUT2D eigenvalue weighted by Gasteiger charge is -2.36. The van der Waals surface area contributed by atoms with Crippen LogP contribution in [0.4, 0.5) is 0 Å². The number of benzene rings is 2. The van der Waals surface area contributed by atoms with Crippen molar-refractivity contribution in [3.8, 4) is 5.75 Å². The van der Waals surface area contributed by atoms with Crippen LogP contribution in [0.3, 0.4) is 0 Å². The Balaban J connectivity index is 1.71. The van der Waals surface area contributed by atoms with Crippen LogP contribution in [-0.2, 0) is 22.5 Å². The molecule has 0 bridgehead atoms. The number of quaternary nitrogens is 1. The lowest BCUT2D eigenvalue weighted by atomic mass is 10.0. The molecule has 0 fully saturated rings. The molecule has 2 unspecified atom stereocenters. The lowest BCUT2D eigenvalue weighted by Crippen LogP contribution is -2.52. The van der Waals surface area contributed by atoms with Crippen LogP contribution >= 0.6 is 0 Å². The van der Waals surface area contributed by atoms with E-state index in [-0.39, 0.29) is 18.1 Å². The van der Waals surface area contributed by atoms with Gasteiger partial charge in [-0.05, 0) is 31.4 Å². The number of hydrogen-bond donors (Lipinski definition) is 0. The fourth-order valence-corrected chi connectivity index (χ4v) is 5.44. The smallest absolute Gasteiger partial charge is 0.364 e. The normalized spacial score (nSPS) is 13.2. The van der Waals surface area contributed by atoms with Crippen molar-refractivity contribution >= 4 is 5.97 Å². The summed E-state index contributed by atoms with van der Waals surface area (Å²) in [5.41, 5.74) is 2.51. The molecule has 4 nitrogen and oxygen atoms in total. The monoisotopic (exact) mass is 538 g/mol. The molecule has 0 saturated heterocycles. The first kappa shape index (κ1) is 32.9. The molecular weight excluding hydrogens is 482 g/mol. The minimum absolute atomic E-state index is 0.0152. The Morgan fingerprint density at radius 1 is 0.795 bits per heavy atom. The first-order valence-electron chi connectivity index (χ1n) is 15.6. The molecule has 0 aromatic heterocycles. The fraction of sp³-hybridized carbons (Fsp3) is 0.629. The Hall–Kier alpha value is -2.33. The van der Waals surface area contributed by atoms with E-state index >= 15 is 0 Å². The van der Waals surface area contributed by atoms with E-state index in [4.69, 9.17) is 9.47 Å². The summed E-state index contributed by atoms with van der Waals surface area (Å²) < 4.78 is 12.7. The number of unbranched alkanes of at least 4 members (excludes halogenated alkanes) is 9. The maximum atomic E-state index is 13.0. The third-order valence-corrected chi connectivity index (χ3v) is 7.80. The Morgan fingerprint density at radius 3 is 2.03 bits per heavy atom. The molecule has 2 atom stereocenters. The second kappa shape index (κ2) is 18.9. The van der Waals surface area contributed by atoms with Crippen molar-refractivity contribution < 1.29 is 18.8 Å². The molecular formula is C35H56NO3+. The highest BCUT2D eigenvalue weighted by Gasteiger charge is 2.35. The molecule has 39 heavy (non-hydrogen) atoms. The summed E-state index contributed by atoms with van der Waals surface area (Å²) in [7, 11) is 4.22.